The van der Waals surface area contributed by atoms with E-state index in [9.17, 15) is 14.9 Å². The second kappa shape index (κ2) is 6.84. The van der Waals surface area contributed by atoms with E-state index in [1.165, 1.54) is 12.1 Å². The van der Waals surface area contributed by atoms with Gasteiger partial charge < -0.3 is 9.72 Å². The summed E-state index contributed by atoms with van der Waals surface area (Å²) >= 11 is 0. The largest absolute Gasteiger partial charge is 0.461 e. The van der Waals surface area contributed by atoms with Crippen molar-refractivity contribution in [3.05, 3.63) is 45.8 Å². The molecule has 116 valence electrons. The number of aromatic amines is 1. The number of carbonyl (C=O) groups is 1. The molecule has 0 spiro atoms. The highest BCUT2D eigenvalue weighted by atomic mass is 16.6. The van der Waals surface area contributed by atoms with Crippen LogP contribution in [0.4, 0.5) is 5.69 Å². The summed E-state index contributed by atoms with van der Waals surface area (Å²) in [7, 11) is 0. The Bertz CT molecular complexity index is 677. The van der Waals surface area contributed by atoms with Crippen molar-refractivity contribution in [2.75, 3.05) is 6.61 Å². The van der Waals surface area contributed by atoms with Crippen molar-refractivity contribution in [3.63, 3.8) is 0 Å². The highest BCUT2D eigenvalue weighted by Gasteiger charge is 2.19. The fraction of sp³-hybridized carbons (Fsp3) is 0.333. The van der Waals surface area contributed by atoms with Gasteiger partial charge in [-0.1, -0.05) is 13.3 Å². The predicted octanol–water partition coefficient (Wildman–Crippen LogP) is 3.11. The van der Waals surface area contributed by atoms with E-state index in [1.807, 2.05) is 6.92 Å². The van der Waals surface area contributed by atoms with Gasteiger partial charge in [-0.25, -0.2) is 9.78 Å². The molecule has 0 aliphatic carbocycles. The second-order valence-corrected chi connectivity index (χ2v) is 4.69. The van der Waals surface area contributed by atoms with E-state index in [0.29, 0.717) is 23.5 Å². The number of nitro benzene ring substituents is 1. The average Bonchev–Trinajstić information content (AvgIpc) is 2.92. The normalized spacial score (nSPS) is 10.5. The zero-order valence-electron chi connectivity index (χ0n) is 12.5. The number of non-ortho nitro benzene ring substituents is 1. The quantitative estimate of drug-likeness (QED) is 0.502. The zero-order valence-corrected chi connectivity index (χ0v) is 12.5. The number of nitrogens with one attached hydrogen (secondary N) is 1. The summed E-state index contributed by atoms with van der Waals surface area (Å²) < 4.78 is 5.00. The molecular weight excluding hydrogens is 286 g/mol. The lowest BCUT2D eigenvalue weighted by Crippen LogP contribution is -2.08. The van der Waals surface area contributed by atoms with Crippen LogP contribution in [0.3, 0.4) is 0 Å². The van der Waals surface area contributed by atoms with Crippen LogP contribution in [-0.4, -0.2) is 27.5 Å². The summed E-state index contributed by atoms with van der Waals surface area (Å²) in [5.74, 6) is 0.0387. The molecule has 0 aliphatic heterocycles. The van der Waals surface area contributed by atoms with Gasteiger partial charge in [0.15, 0.2) is 5.69 Å². The first-order valence-corrected chi connectivity index (χ1v) is 7.07. The highest BCUT2D eigenvalue weighted by Crippen LogP contribution is 2.22. The number of hydrogen-bond acceptors (Lipinski definition) is 5. The summed E-state index contributed by atoms with van der Waals surface area (Å²) in [5, 5.41) is 10.7. The van der Waals surface area contributed by atoms with Crippen molar-refractivity contribution < 1.29 is 14.5 Å². The van der Waals surface area contributed by atoms with Gasteiger partial charge in [-0.15, -0.1) is 0 Å². The number of ether oxygens (including phenoxy) is 1. The molecule has 2 aromatic rings. The Balaban J connectivity index is 2.36. The van der Waals surface area contributed by atoms with Gasteiger partial charge in [0.05, 0.1) is 11.5 Å². The summed E-state index contributed by atoms with van der Waals surface area (Å²) in [5.41, 5.74) is 1.68. The molecule has 2 rings (SSSR count). The predicted molar refractivity (Wildman–Crippen MR) is 80.6 cm³/mol. The molecule has 1 aromatic carbocycles. The lowest BCUT2D eigenvalue weighted by atomic mass is 10.2. The Hall–Kier alpha value is -2.70. The smallest absolute Gasteiger partial charge is 0.358 e. The van der Waals surface area contributed by atoms with Crippen molar-refractivity contribution in [1.29, 1.82) is 0 Å². The van der Waals surface area contributed by atoms with Gasteiger partial charge in [0, 0.05) is 23.4 Å². The number of nitro groups is 1. The van der Waals surface area contributed by atoms with E-state index in [4.69, 9.17) is 4.74 Å². The molecule has 1 N–H and O–H groups in total. The van der Waals surface area contributed by atoms with Crippen molar-refractivity contribution in [3.8, 4) is 11.4 Å². The molecule has 0 bridgehead atoms. The van der Waals surface area contributed by atoms with Crippen LogP contribution in [0.5, 0.6) is 0 Å². The summed E-state index contributed by atoms with van der Waals surface area (Å²) in [4.78, 5) is 29.5. The van der Waals surface area contributed by atoms with Gasteiger partial charge in [0.1, 0.15) is 5.82 Å². The molecule has 0 atom stereocenters. The van der Waals surface area contributed by atoms with Gasteiger partial charge in [0.2, 0.25) is 0 Å². The third-order valence-corrected chi connectivity index (χ3v) is 3.10. The molecule has 1 heterocycles. The minimum Gasteiger partial charge on any atom is -0.461 e. The molecular formula is C15H17N3O4. The minimum absolute atomic E-state index is 0.00899. The van der Waals surface area contributed by atoms with Crippen molar-refractivity contribution in [2.45, 2.75) is 26.7 Å². The third kappa shape index (κ3) is 3.30. The number of hydrogen-bond donors (Lipinski definition) is 1. The molecule has 7 nitrogen and oxygen atoms in total. The average molecular weight is 303 g/mol. The SMILES string of the molecule is CCCc1[nH]c(-c2ccc([N+](=O)[O-])cc2)nc1C(=O)OCC. The van der Waals surface area contributed by atoms with Gasteiger partial charge in [-0.3, -0.25) is 10.1 Å². The van der Waals surface area contributed by atoms with Crippen molar-refractivity contribution in [1.82, 2.24) is 9.97 Å². The van der Waals surface area contributed by atoms with Crippen LogP contribution in [0.25, 0.3) is 11.4 Å². The molecule has 1 aromatic heterocycles. The number of rotatable bonds is 6. The van der Waals surface area contributed by atoms with Crippen LogP contribution in [0, 0.1) is 10.1 Å². The lowest BCUT2D eigenvalue weighted by Gasteiger charge is -2.00. The second-order valence-electron chi connectivity index (χ2n) is 4.69. The molecule has 0 aliphatic rings. The van der Waals surface area contributed by atoms with E-state index < -0.39 is 10.9 Å². The fourth-order valence-corrected chi connectivity index (χ4v) is 2.09. The van der Waals surface area contributed by atoms with E-state index in [2.05, 4.69) is 9.97 Å². The Kier molecular flexibility index (Phi) is 4.88. The minimum atomic E-state index is -0.463. The van der Waals surface area contributed by atoms with E-state index in [-0.39, 0.29) is 18.0 Å². The number of imidazole rings is 1. The van der Waals surface area contributed by atoms with Gasteiger partial charge >= 0.3 is 5.97 Å². The number of carbonyl (C=O) groups excluding carboxylic acids is 1. The first kappa shape index (κ1) is 15.7. The number of benzene rings is 1. The number of esters is 1. The molecule has 0 saturated carbocycles. The van der Waals surface area contributed by atoms with Crippen LogP contribution in [0.1, 0.15) is 36.5 Å². The van der Waals surface area contributed by atoms with Crippen molar-refractivity contribution in [2.24, 2.45) is 0 Å². The van der Waals surface area contributed by atoms with Crippen molar-refractivity contribution >= 4 is 11.7 Å². The van der Waals surface area contributed by atoms with Gasteiger partial charge in [-0.2, -0.15) is 0 Å². The summed E-state index contributed by atoms with van der Waals surface area (Å²) in [6.45, 7) is 4.02. The first-order chi connectivity index (χ1) is 10.6. The molecule has 7 heteroatoms. The maximum atomic E-state index is 11.9. The Morgan fingerprint density at radius 1 is 1.32 bits per heavy atom. The maximum Gasteiger partial charge on any atom is 0.358 e. The first-order valence-electron chi connectivity index (χ1n) is 7.07. The Morgan fingerprint density at radius 3 is 2.55 bits per heavy atom. The van der Waals surface area contributed by atoms with Crippen LogP contribution in [0.2, 0.25) is 0 Å². The molecule has 22 heavy (non-hydrogen) atoms. The van der Waals surface area contributed by atoms with Crippen LogP contribution in [-0.2, 0) is 11.2 Å². The molecule has 0 fully saturated rings. The number of aromatic nitrogens is 2. The lowest BCUT2D eigenvalue weighted by molar-refractivity contribution is -0.384. The molecule has 0 radical (unpaired) electrons. The standard InChI is InChI=1S/C15H17N3O4/c1-3-5-12-13(15(19)22-4-2)17-14(16-12)10-6-8-11(9-7-10)18(20)21/h6-9H,3-5H2,1-2H3,(H,16,17). The Morgan fingerprint density at radius 2 is 2.00 bits per heavy atom. The number of aryl methyl sites for hydroxylation is 1. The van der Waals surface area contributed by atoms with Crippen LogP contribution in [0.15, 0.2) is 24.3 Å². The molecule has 0 unspecified atom stereocenters. The number of H-pyrrole nitrogens is 1. The Labute approximate surface area is 127 Å². The molecule has 0 amide bonds. The maximum absolute atomic E-state index is 11.9. The summed E-state index contributed by atoms with van der Waals surface area (Å²) in [6.07, 6.45) is 1.53. The van der Waals surface area contributed by atoms with Gasteiger partial charge in [0.25, 0.3) is 5.69 Å². The monoisotopic (exact) mass is 303 g/mol. The summed E-state index contributed by atoms with van der Waals surface area (Å²) in [6, 6.07) is 6.01. The topological polar surface area (TPSA) is 98.1 Å². The van der Waals surface area contributed by atoms with E-state index in [0.717, 1.165) is 6.42 Å². The van der Waals surface area contributed by atoms with Crippen LogP contribution >= 0.6 is 0 Å². The van der Waals surface area contributed by atoms with Gasteiger partial charge in [-0.05, 0) is 25.5 Å². The van der Waals surface area contributed by atoms with E-state index in [1.54, 1.807) is 19.1 Å². The zero-order chi connectivity index (χ0) is 16.1. The van der Waals surface area contributed by atoms with Crippen LogP contribution < -0.4 is 0 Å². The third-order valence-electron chi connectivity index (χ3n) is 3.10. The highest BCUT2D eigenvalue weighted by molar-refractivity contribution is 5.89. The molecule has 0 saturated heterocycles. The van der Waals surface area contributed by atoms with E-state index >= 15 is 0 Å². The number of nitrogens with zero attached hydrogens (tertiary/aromatic N) is 2. The fourth-order valence-electron chi connectivity index (χ4n) is 2.09.